The maximum atomic E-state index is 13.2. The molecule has 1 fully saturated rings. The van der Waals surface area contributed by atoms with Crippen molar-refractivity contribution in [2.24, 2.45) is 17.3 Å². The fourth-order valence-corrected chi connectivity index (χ4v) is 2.85. The van der Waals surface area contributed by atoms with Crippen molar-refractivity contribution in [1.29, 1.82) is 0 Å². The first-order chi connectivity index (χ1) is 10.5. The minimum atomic E-state index is -1.66. The lowest BCUT2D eigenvalue weighted by atomic mass is 9.78. The zero-order valence-corrected chi connectivity index (χ0v) is 13.1. The van der Waals surface area contributed by atoms with Crippen molar-refractivity contribution in [3.8, 4) is 0 Å². The Hall–Kier alpha value is -1.59. The smallest absolute Gasteiger partial charge is 0.192 e. The first kappa shape index (κ1) is 16.8. The third kappa shape index (κ3) is 3.42. The summed E-state index contributed by atoms with van der Waals surface area (Å²) in [5.41, 5.74) is -1.43. The summed E-state index contributed by atoms with van der Waals surface area (Å²) in [5, 5.41) is 3.98. The van der Waals surface area contributed by atoms with Crippen molar-refractivity contribution in [3.63, 3.8) is 0 Å². The molecule has 0 spiro atoms. The van der Waals surface area contributed by atoms with Gasteiger partial charge < -0.3 is 0 Å². The van der Waals surface area contributed by atoms with E-state index in [9.17, 15) is 13.6 Å². The molecule has 22 heavy (non-hydrogen) atoms. The van der Waals surface area contributed by atoms with Crippen LogP contribution in [0.25, 0.3) is 5.70 Å². The summed E-state index contributed by atoms with van der Waals surface area (Å²) in [6.07, 6.45) is 8.92. The highest BCUT2D eigenvalue weighted by Crippen LogP contribution is 2.33. The molecule has 122 valence electrons. The highest BCUT2D eigenvalue weighted by Gasteiger charge is 2.37. The van der Waals surface area contributed by atoms with Gasteiger partial charge in [0.1, 0.15) is 31.7 Å². The number of halogens is 2. The zero-order chi connectivity index (χ0) is 16.2. The summed E-state index contributed by atoms with van der Waals surface area (Å²) in [5.74, 6) is 0.114. The summed E-state index contributed by atoms with van der Waals surface area (Å²) < 4.78 is 27.8. The largest absolute Gasteiger partial charge is 0.292 e. The van der Waals surface area contributed by atoms with Crippen LogP contribution in [0, 0.1) is 17.3 Å². The average Bonchev–Trinajstić information content (AvgIpc) is 3.07. The number of hydrogen-bond acceptors (Lipinski definition) is 3. The van der Waals surface area contributed by atoms with E-state index in [4.69, 9.17) is 0 Å². The molecule has 4 nitrogen and oxygen atoms in total. The monoisotopic (exact) mass is 311 g/mol. The predicted molar refractivity (Wildman–Crippen MR) is 80.5 cm³/mol. The maximum absolute atomic E-state index is 13.2. The van der Waals surface area contributed by atoms with Crippen molar-refractivity contribution in [2.75, 3.05) is 13.3 Å². The first-order valence-electron chi connectivity index (χ1n) is 7.75. The number of ketones is 1. The van der Waals surface area contributed by atoms with E-state index in [-0.39, 0.29) is 11.6 Å². The molecule has 1 saturated carbocycles. The topological polar surface area (TPSA) is 47.8 Å². The van der Waals surface area contributed by atoms with Gasteiger partial charge in [-0.05, 0) is 25.2 Å². The molecule has 0 aromatic carbocycles. The SMILES string of the molecule is CC1CCCCC1C=C(C(=O)C(C)(CF)CF)n1cncn1. The number of alkyl halides is 2. The molecule has 1 aromatic heterocycles. The Kier molecular flexibility index (Phi) is 5.42. The van der Waals surface area contributed by atoms with Gasteiger partial charge >= 0.3 is 0 Å². The molecule has 1 aliphatic rings. The molecule has 0 radical (unpaired) electrons. The first-order valence-corrected chi connectivity index (χ1v) is 7.75. The normalized spacial score (nSPS) is 23.5. The summed E-state index contributed by atoms with van der Waals surface area (Å²) in [6, 6.07) is 0. The summed E-state index contributed by atoms with van der Waals surface area (Å²) in [7, 11) is 0. The Bertz CT molecular complexity index is 524. The molecule has 1 heterocycles. The van der Waals surface area contributed by atoms with Crippen LogP contribution >= 0.6 is 0 Å². The fraction of sp³-hybridized carbons (Fsp3) is 0.688. The van der Waals surface area contributed by atoms with Crippen LogP contribution in [0.4, 0.5) is 8.78 Å². The maximum Gasteiger partial charge on any atom is 0.192 e. The standard InChI is InChI=1S/C16H23F2N3O/c1-12-5-3-4-6-13(12)7-14(21-11-19-10-20-21)15(22)16(2,8-17)9-18/h7,10-13H,3-6,8-9H2,1-2H3. The zero-order valence-electron chi connectivity index (χ0n) is 13.1. The molecular formula is C16H23F2N3O. The molecule has 1 aliphatic carbocycles. The van der Waals surface area contributed by atoms with E-state index >= 15 is 0 Å². The number of Topliss-reactive ketones (excluding diaryl/α,β-unsaturated/α-hetero) is 1. The third-order valence-corrected chi connectivity index (χ3v) is 4.59. The molecule has 0 saturated heterocycles. The van der Waals surface area contributed by atoms with Crippen LogP contribution in [-0.4, -0.2) is 33.9 Å². The molecule has 0 N–H and O–H groups in total. The minimum absolute atomic E-state index is 0.223. The number of carbonyl (C=O) groups is 1. The molecule has 2 atom stereocenters. The molecule has 2 unspecified atom stereocenters. The molecule has 1 aromatic rings. The molecular weight excluding hydrogens is 288 g/mol. The van der Waals surface area contributed by atoms with E-state index in [2.05, 4.69) is 17.0 Å². The predicted octanol–water partition coefficient (Wildman–Crippen LogP) is 3.46. The second kappa shape index (κ2) is 7.11. The fourth-order valence-electron chi connectivity index (χ4n) is 2.85. The van der Waals surface area contributed by atoms with Crippen molar-refractivity contribution in [3.05, 3.63) is 18.7 Å². The van der Waals surface area contributed by atoms with Gasteiger partial charge in [0.15, 0.2) is 5.78 Å². The highest BCUT2D eigenvalue weighted by molar-refractivity contribution is 6.17. The van der Waals surface area contributed by atoms with E-state index in [1.54, 1.807) is 0 Å². The van der Waals surface area contributed by atoms with Gasteiger partial charge in [-0.2, -0.15) is 5.10 Å². The molecule has 6 heteroatoms. The summed E-state index contributed by atoms with van der Waals surface area (Å²) >= 11 is 0. The van der Waals surface area contributed by atoms with Crippen LogP contribution in [0.3, 0.4) is 0 Å². The number of rotatable bonds is 6. The van der Waals surface area contributed by atoms with Crippen LogP contribution in [0.15, 0.2) is 18.7 Å². The van der Waals surface area contributed by atoms with E-state index in [0.29, 0.717) is 5.92 Å². The van der Waals surface area contributed by atoms with Gasteiger partial charge in [0, 0.05) is 0 Å². The Morgan fingerprint density at radius 3 is 2.59 bits per heavy atom. The molecule has 0 bridgehead atoms. The van der Waals surface area contributed by atoms with Crippen LogP contribution in [0.1, 0.15) is 39.5 Å². The minimum Gasteiger partial charge on any atom is -0.292 e. The van der Waals surface area contributed by atoms with Crippen LogP contribution in [0.5, 0.6) is 0 Å². The lowest BCUT2D eigenvalue weighted by molar-refractivity contribution is -0.124. The van der Waals surface area contributed by atoms with E-state index < -0.39 is 24.5 Å². The Morgan fingerprint density at radius 2 is 2.05 bits per heavy atom. The van der Waals surface area contributed by atoms with Crippen molar-refractivity contribution >= 4 is 11.5 Å². The van der Waals surface area contributed by atoms with Crippen molar-refractivity contribution in [1.82, 2.24) is 14.8 Å². The van der Waals surface area contributed by atoms with Gasteiger partial charge in [0.2, 0.25) is 0 Å². The molecule has 2 rings (SSSR count). The highest BCUT2D eigenvalue weighted by atomic mass is 19.1. The second-order valence-corrected chi connectivity index (χ2v) is 6.47. The Balaban J connectivity index is 2.37. The van der Waals surface area contributed by atoms with E-state index in [1.807, 2.05) is 6.08 Å². The number of allylic oxidation sites excluding steroid dienone is 2. The van der Waals surface area contributed by atoms with Gasteiger partial charge in [0.05, 0.1) is 5.41 Å². The molecule has 0 amide bonds. The lowest BCUT2D eigenvalue weighted by Crippen LogP contribution is -2.35. The van der Waals surface area contributed by atoms with Gasteiger partial charge in [-0.15, -0.1) is 0 Å². The van der Waals surface area contributed by atoms with E-state index in [0.717, 1.165) is 19.3 Å². The third-order valence-electron chi connectivity index (χ3n) is 4.59. The second-order valence-electron chi connectivity index (χ2n) is 6.47. The lowest BCUT2D eigenvalue weighted by Gasteiger charge is -2.28. The van der Waals surface area contributed by atoms with Gasteiger partial charge in [-0.3, -0.25) is 4.79 Å². The van der Waals surface area contributed by atoms with Crippen LogP contribution < -0.4 is 0 Å². The number of aromatic nitrogens is 3. The molecule has 0 aliphatic heterocycles. The van der Waals surface area contributed by atoms with Gasteiger partial charge in [-0.25, -0.2) is 18.4 Å². The van der Waals surface area contributed by atoms with Crippen molar-refractivity contribution in [2.45, 2.75) is 39.5 Å². The van der Waals surface area contributed by atoms with Crippen LogP contribution in [-0.2, 0) is 4.79 Å². The average molecular weight is 311 g/mol. The Morgan fingerprint density at radius 1 is 1.36 bits per heavy atom. The van der Waals surface area contributed by atoms with Crippen LogP contribution in [0.2, 0.25) is 0 Å². The number of carbonyl (C=O) groups excluding carboxylic acids is 1. The number of nitrogens with zero attached hydrogens (tertiary/aromatic N) is 3. The number of hydrogen-bond donors (Lipinski definition) is 0. The Labute approximate surface area is 129 Å². The van der Waals surface area contributed by atoms with Crippen molar-refractivity contribution < 1.29 is 13.6 Å². The summed E-state index contributed by atoms with van der Waals surface area (Å²) in [6.45, 7) is 1.39. The van der Waals surface area contributed by atoms with E-state index in [1.165, 1.54) is 30.7 Å². The summed E-state index contributed by atoms with van der Waals surface area (Å²) in [4.78, 5) is 16.5. The van der Waals surface area contributed by atoms with Gasteiger partial charge in [-0.1, -0.05) is 32.3 Å². The quantitative estimate of drug-likeness (QED) is 0.756. The van der Waals surface area contributed by atoms with Gasteiger partial charge in [0.25, 0.3) is 0 Å².